The minimum absolute atomic E-state index is 0.327. The molecule has 1 aliphatic rings. The number of nitrogens with zero attached hydrogens (tertiary/aromatic N) is 2. The summed E-state index contributed by atoms with van der Waals surface area (Å²) in [4.78, 5) is 19.5. The van der Waals surface area contributed by atoms with E-state index < -0.39 is 5.97 Å². The van der Waals surface area contributed by atoms with Gasteiger partial charge >= 0.3 is 5.97 Å². The molecule has 1 saturated carbocycles. The lowest BCUT2D eigenvalue weighted by Crippen LogP contribution is -2.26. The highest BCUT2D eigenvalue weighted by atomic mass is 32.1. The summed E-state index contributed by atoms with van der Waals surface area (Å²) < 4.78 is 0. The molecular weight excluding hydrogens is 284 g/mol. The summed E-state index contributed by atoms with van der Waals surface area (Å²) >= 11 is 1.73. The SMILES string of the molecule is CCc1cc(C(=O)O)cc(N(Cc2cccs2)C2CC2)n1. The second-order valence-corrected chi connectivity index (χ2v) is 6.33. The van der Waals surface area contributed by atoms with E-state index >= 15 is 0 Å². The van der Waals surface area contributed by atoms with Crippen molar-refractivity contribution in [1.29, 1.82) is 0 Å². The Kier molecular flexibility index (Phi) is 3.92. The van der Waals surface area contributed by atoms with Gasteiger partial charge in [-0.1, -0.05) is 13.0 Å². The van der Waals surface area contributed by atoms with E-state index in [9.17, 15) is 9.90 Å². The van der Waals surface area contributed by atoms with Crippen molar-refractivity contribution in [2.45, 2.75) is 38.8 Å². The summed E-state index contributed by atoms with van der Waals surface area (Å²) in [6.07, 6.45) is 3.06. The summed E-state index contributed by atoms with van der Waals surface area (Å²) in [7, 11) is 0. The number of carboxylic acids is 1. The lowest BCUT2D eigenvalue weighted by atomic mass is 10.2. The first-order chi connectivity index (χ1) is 10.2. The third kappa shape index (κ3) is 3.24. The predicted molar refractivity (Wildman–Crippen MR) is 84.1 cm³/mol. The third-order valence-corrected chi connectivity index (χ3v) is 4.52. The minimum Gasteiger partial charge on any atom is -0.478 e. The molecule has 0 atom stereocenters. The number of aromatic carboxylic acids is 1. The summed E-state index contributed by atoms with van der Waals surface area (Å²) in [6, 6.07) is 8.02. The molecule has 2 aromatic heterocycles. The average molecular weight is 302 g/mol. The van der Waals surface area contributed by atoms with Crippen LogP contribution in [0.1, 0.15) is 40.7 Å². The van der Waals surface area contributed by atoms with Crippen molar-refractivity contribution in [2.75, 3.05) is 4.90 Å². The fourth-order valence-corrected chi connectivity index (χ4v) is 3.08. The maximum Gasteiger partial charge on any atom is 0.335 e. The molecule has 0 spiro atoms. The topological polar surface area (TPSA) is 53.4 Å². The first-order valence-corrected chi connectivity index (χ1v) is 8.08. The van der Waals surface area contributed by atoms with Gasteiger partial charge in [0, 0.05) is 16.6 Å². The fourth-order valence-electron chi connectivity index (χ4n) is 2.38. The number of aromatic nitrogens is 1. The third-order valence-electron chi connectivity index (χ3n) is 3.66. The fraction of sp³-hybridized carbons (Fsp3) is 0.375. The molecule has 0 unspecified atom stereocenters. The van der Waals surface area contributed by atoms with Crippen LogP contribution in [0.3, 0.4) is 0 Å². The van der Waals surface area contributed by atoms with Crippen molar-refractivity contribution in [1.82, 2.24) is 4.98 Å². The van der Waals surface area contributed by atoms with Crippen LogP contribution in [0.2, 0.25) is 0 Å². The largest absolute Gasteiger partial charge is 0.478 e. The molecule has 0 aromatic carbocycles. The molecule has 2 aromatic rings. The molecule has 3 rings (SSSR count). The summed E-state index contributed by atoms with van der Waals surface area (Å²) in [5.74, 6) is -0.0946. The Hall–Kier alpha value is -1.88. The first kappa shape index (κ1) is 14.1. The quantitative estimate of drug-likeness (QED) is 0.886. The van der Waals surface area contributed by atoms with Gasteiger partial charge in [0.1, 0.15) is 5.82 Å². The molecular formula is C16H18N2O2S. The van der Waals surface area contributed by atoms with Gasteiger partial charge in [-0.2, -0.15) is 0 Å². The molecule has 110 valence electrons. The number of carboxylic acid groups (broad SMARTS) is 1. The van der Waals surface area contributed by atoms with E-state index in [1.807, 2.05) is 13.0 Å². The number of thiophene rings is 1. The number of anilines is 1. The van der Waals surface area contributed by atoms with Crippen LogP contribution in [0, 0.1) is 0 Å². The van der Waals surface area contributed by atoms with Gasteiger partial charge in [-0.25, -0.2) is 9.78 Å². The number of hydrogen-bond donors (Lipinski definition) is 1. The van der Waals surface area contributed by atoms with Gasteiger partial charge in [0.05, 0.1) is 12.1 Å². The van der Waals surface area contributed by atoms with E-state index in [1.54, 1.807) is 23.5 Å². The second kappa shape index (κ2) is 5.85. The summed E-state index contributed by atoms with van der Waals surface area (Å²) in [5, 5.41) is 11.3. The van der Waals surface area contributed by atoms with Gasteiger partial charge in [-0.15, -0.1) is 11.3 Å². The molecule has 4 nitrogen and oxygen atoms in total. The van der Waals surface area contributed by atoms with Crippen molar-refractivity contribution in [2.24, 2.45) is 0 Å². The number of aryl methyl sites for hydroxylation is 1. The Morgan fingerprint density at radius 1 is 1.48 bits per heavy atom. The Morgan fingerprint density at radius 3 is 2.86 bits per heavy atom. The Balaban J connectivity index is 1.94. The molecule has 2 heterocycles. The molecule has 5 heteroatoms. The van der Waals surface area contributed by atoms with Gasteiger partial charge in [-0.05, 0) is 42.8 Å². The Labute approximate surface area is 128 Å². The van der Waals surface area contributed by atoms with Crippen molar-refractivity contribution >= 4 is 23.1 Å². The van der Waals surface area contributed by atoms with Gasteiger partial charge < -0.3 is 10.0 Å². The predicted octanol–water partition coefficient (Wildman–Crippen LogP) is 3.57. The molecule has 0 bridgehead atoms. The van der Waals surface area contributed by atoms with Crippen LogP contribution in [-0.2, 0) is 13.0 Å². The summed E-state index contributed by atoms with van der Waals surface area (Å²) in [5.41, 5.74) is 1.16. The van der Waals surface area contributed by atoms with E-state index in [0.717, 1.165) is 37.3 Å². The van der Waals surface area contributed by atoms with Crippen molar-refractivity contribution < 1.29 is 9.90 Å². The Bertz CT molecular complexity index is 636. The van der Waals surface area contributed by atoms with Crippen LogP contribution in [0.25, 0.3) is 0 Å². The average Bonchev–Trinajstić information content (AvgIpc) is 3.20. The highest BCUT2D eigenvalue weighted by Gasteiger charge is 2.30. The molecule has 21 heavy (non-hydrogen) atoms. The normalized spacial score (nSPS) is 14.1. The van der Waals surface area contributed by atoms with Crippen LogP contribution >= 0.6 is 11.3 Å². The van der Waals surface area contributed by atoms with Gasteiger partial charge in [0.25, 0.3) is 0 Å². The molecule has 0 saturated heterocycles. The maximum absolute atomic E-state index is 11.3. The zero-order chi connectivity index (χ0) is 14.8. The molecule has 0 radical (unpaired) electrons. The smallest absolute Gasteiger partial charge is 0.335 e. The van der Waals surface area contributed by atoms with E-state index in [0.29, 0.717) is 11.6 Å². The zero-order valence-corrected chi connectivity index (χ0v) is 12.8. The highest BCUT2D eigenvalue weighted by Crippen LogP contribution is 2.33. The molecule has 1 N–H and O–H groups in total. The van der Waals surface area contributed by atoms with Crippen LogP contribution < -0.4 is 4.90 Å². The standard InChI is InChI=1S/C16H18N2O2S/c1-2-12-8-11(16(19)20)9-15(17-12)18(13-5-6-13)10-14-4-3-7-21-14/h3-4,7-9,13H,2,5-6,10H2,1H3,(H,19,20). The lowest BCUT2D eigenvalue weighted by Gasteiger charge is -2.24. The summed E-state index contributed by atoms with van der Waals surface area (Å²) in [6.45, 7) is 2.81. The molecule has 0 aliphatic heterocycles. The Morgan fingerprint density at radius 2 is 2.29 bits per heavy atom. The first-order valence-electron chi connectivity index (χ1n) is 7.20. The van der Waals surface area contributed by atoms with Gasteiger partial charge in [0.2, 0.25) is 0 Å². The number of pyridine rings is 1. The van der Waals surface area contributed by atoms with Gasteiger partial charge in [-0.3, -0.25) is 0 Å². The highest BCUT2D eigenvalue weighted by molar-refractivity contribution is 7.09. The van der Waals surface area contributed by atoms with Crippen LogP contribution in [0.5, 0.6) is 0 Å². The second-order valence-electron chi connectivity index (χ2n) is 5.30. The minimum atomic E-state index is -0.889. The van der Waals surface area contributed by atoms with Crippen LogP contribution in [0.15, 0.2) is 29.6 Å². The maximum atomic E-state index is 11.3. The molecule has 0 amide bonds. The van der Waals surface area contributed by atoms with Crippen molar-refractivity contribution in [3.05, 3.63) is 45.8 Å². The van der Waals surface area contributed by atoms with E-state index in [2.05, 4.69) is 21.3 Å². The van der Waals surface area contributed by atoms with E-state index in [4.69, 9.17) is 0 Å². The molecule has 1 aliphatic carbocycles. The monoisotopic (exact) mass is 302 g/mol. The zero-order valence-electron chi connectivity index (χ0n) is 12.0. The van der Waals surface area contributed by atoms with Crippen molar-refractivity contribution in [3.8, 4) is 0 Å². The van der Waals surface area contributed by atoms with Gasteiger partial charge in [0.15, 0.2) is 0 Å². The number of carbonyl (C=O) groups is 1. The number of hydrogen-bond acceptors (Lipinski definition) is 4. The van der Waals surface area contributed by atoms with Crippen LogP contribution in [-0.4, -0.2) is 22.1 Å². The number of rotatable bonds is 6. The van der Waals surface area contributed by atoms with E-state index in [1.165, 1.54) is 4.88 Å². The van der Waals surface area contributed by atoms with E-state index in [-0.39, 0.29) is 0 Å². The lowest BCUT2D eigenvalue weighted by molar-refractivity contribution is 0.0696. The van der Waals surface area contributed by atoms with Crippen LogP contribution in [0.4, 0.5) is 5.82 Å². The molecule has 1 fully saturated rings. The van der Waals surface area contributed by atoms with Crippen molar-refractivity contribution in [3.63, 3.8) is 0 Å².